The van der Waals surface area contributed by atoms with Crippen LogP contribution in [0, 0.1) is 5.41 Å². The lowest BCUT2D eigenvalue weighted by atomic mass is 9.87. The van der Waals surface area contributed by atoms with Crippen LogP contribution < -0.4 is 11.1 Å². The number of nitrogens with one attached hydrogen (secondary N) is 1. The molecule has 0 saturated heterocycles. The summed E-state index contributed by atoms with van der Waals surface area (Å²) < 4.78 is 0. The van der Waals surface area contributed by atoms with Gasteiger partial charge >= 0.3 is 0 Å². The van der Waals surface area contributed by atoms with E-state index in [4.69, 9.17) is 5.73 Å². The van der Waals surface area contributed by atoms with E-state index in [1.807, 2.05) is 11.6 Å². The van der Waals surface area contributed by atoms with Crippen molar-refractivity contribution in [2.75, 3.05) is 6.54 Å². The zero-order valence-corrected chi connectivity index (χ0v) is 10.8. The highest BCUT2D eigenvalue weighted by atomic mass is 32.1. The molecule has 4 heteroatoms. The summed E-state index contributed by atoms with van der Waals surface area (Å²) in [5.74, 6) is 0. The van der Waals surface area contributed by atoms with Gasteiger partial charge in [0.05, 0.1) is 6.04 Å². The average Bonchev–Trinajstić information content (AvgIpc) is 2.64. The molecule has 2 atom stereocenters. The SMILES string of the molecule is CC(NCC(N)C(C)(C)C)c1nccs1. The lowest BCUT2D eigenvalue weighted by molar-refractivity contribution is 0.302. The van der Waals surface area contributed by atoms with E-state index >= 15 is 0 Å². The first kappa shape index (κ1) is 12.6. The molecular formula is C11H21N3S. The first-order valence-electron chi connectivity index (χ1n) is 5.29. The highest BCUT2D eigenvalue weighted by Gasteiger charge is 2.21. The van der Waals surface area contributed by atoms with Gasteiger partial charge in [0.25, 0.3) is 0 Å². The Labute approximate surface area is 96.1 Å². The van der Waals surface area contributed by atoms with Gasteiger partial charge in [-0.15, -0.1) is 11.3 Å². The van der Waals surface area contributed by atoms with E-state index in [0.29, 0.717) is 6.04 Å². The lowest BCUT2D eigenvalue weighted by Gasteiger charge is -2.28. The number of nitrogens with two attached hydrogens (primary N) is 1. The smallest absolute Gasteiger partial charge is 0.109 e. The number of hydrogen-bond donors (Lipinski definition) is 2. The molecule has 0 bridgehead atoms. The highest BCUT2D eigenvalue weighted by molar-refractivity contribution is 7.09. The van der Waals surface area contributed by atoms with Crippen LogP contribution in [-0.2, 0) is 0 Å². The Morgan fingerprint density at radius 1 is 1.53 bits per heavy atom. The van der Waals surface area contributed by atoms with Crippen molar-refractivity contribution < 1.29 is 0 Å². The van der Waals surface area contributed by atoms with Crippen molar-refractivity contribution in [1.29, 1.82) is 0 Å². The summed E-state index contributed by atoms with van der Waals surface area (Å²) >= 11 is 1.68. The largest absolute Gasteiger partial charge is 0.326 e. The first-order valence-corrected chi connectivity index (χ1v) is 6.17. The molecule has 1 aromatic rings. The van der Waals surface area contributed by atoms with Crippen molar-refractivity contribution in [3.05, 3.63) is 16.6 Å². The fraction of sp³-hybridized carbons (Fsp3) is 0.727. The molecule has 1 rings (SSSR count). The predicted molar refractivity (Wildman–Crippen MR) is 66.0 cm³/mol. The second-order valence-corrected chi connectivity index (χ2v) is 5.90. The van der Waals surface area contributed by atoms with Gasteiger partial charge in [0.15, 0.2) is 0 Å². The molecule has 0 aliphatic carbocycles. The molecule has 2 unspecified atom stereocenters. The van der Waals surface area contributed by atoms with Gasteiger partial charge in [-0.3, -0.25) is 0 Å². The maximum absolute atomic E-state index is 6.07. The molecule has 15 heavy (non-hydrogen) atoms. The molecule has 0 saturated carbocycles. The van der Waals surface area contributed by atoms with E-state index in [0.717, 1.165) is 11.6 Å². The first-order chi connectivity index (χ1) is 6.91. The molecule has 3 nitrogen and oxygen atoms in total. The number of nitrogens with zero attached hydrogens (tertiary/aromatic N) is 1. The van der Waals surface area contributed by atoms with E-state index in [9.17, 15) is 0 Å². The predicted octanol–water partition coefficient (Wildman–Crippen LogP) is 2.17. The van der Waals surface area contributed by atoms with Crippen molar-refractivity contribution in [1.82, 2.24) is 10.3 Å². The molecular weight excluding hydrogens is 206 g/mol. The molecule has 0 radical (unpaired) electrons. The summed E-state index contributed by atoms with van der Waals surface area (Å²) in [5.41, 5.74) is 6.22. The van der Waals surface area contributed by atoms with Gasteiger partial charge in [-0.05, 0) is 12.3 Å². The van der Waals surface area contributed by atoms with Crippen molar-refractivity contribution in [3.8, 4) is 0 Å². The van der Waals surface area contributed by atoms with E-state index in [1.165, 1.54) is 0 Å². The maximum atomic E-state index is 6.07. The number of hydrogen-bond acceptors (Lipinski definition) is 4. The Hall–Kier alpha value is -0.450. The lowest BCUT2D eigenvalue weighted by Crippen LogP contribution is -2.44. The summed E-state index contributed by atoms with van der Waals surface area (Å²) in [7, 11) is 0. The molecule has 0 spiro atoms. The van der Waals surface area contributed by atoms with Crippen molar-refractivity contribution in [3.63, 3.8) is 0 Å². The maximum Gasteiger partial charge on any atom is 0.109 e. The second-order valence-electron chi connectivity index (χ2n) is 4.97. The summed E-state index contributed by atoms with van der Waals surface area (Å²) in [5, 5.41) is 6.53. The highest BCUT2D eigenvalue weighted by Crippen LogP contribution is 2.18. The van der Waals surface area contributed by atoms with Crippen LogP contribution in [-0.4, -0.2) is 17.6 Å². The monoisotopic (exact) mass is 227 g/mol. The number of thiazole rings is 1. The minimum absolute atomic E-state index is 0.148. The van der Waals surface area contributed by atoms with Gasteiger partial charge in [0, 0.05) is 24.2 Å². The third-order valence-electron chi connectivity index (χ3n) is 2.58. The Bertz CT molecular complexity index is 277. The Kier molecular flexibility index (Phi) is 4.25. The summed E-state index contributed by atoms with van der Waals surface area (Å²) in [4.78, 5) is 4.27. The van der Waals surface area contributed by atoms with Gasteiger partial charge in [-0.1, -0.05) is 20.8 Å². The number of aromatic nitrogens is 1. The standard InChI is InChI=1S/C11H21N3S/c1-8(10-13-5-6-15-10)14-7-9(12)11(2,3)4/h5-6,8-9,14H,7,12H2,1-4H3. The summed E-state index contributed by atoms with van der Waals surface area (Å²) in [6.07, 6.45) is 1.84. The van der Waals surface area contributed by atoms with Crippen LogP contribution in [0.5, 0.6) is 0 Å². The number of rotatable bonds is 4. The molecule has 3 N–H and O–H groups in total. The Balaban J connectivity index is 2.38. The minimum atomic E-state index is 0.148. The van der Waals surface area contributed by atoms with Crippen molar-refractivity contribution in [2.45, 2.75) is 39.8 Å². The van der Waals surface area contributed by atoms with Crippen LogP contribution in [0.15, 0.2) is 11.6 Å². The molecule has 1 heterocycles. The topological polar surface area (TPSA) is 50.9 Å². The molecule has 1 aromatic heterocycles. The van der Waals surface area contributed by atoms with Gasteiger partial charge < -0.3 is 11.1 Å². The minimum Gasteiger partial charge on any atom is -0.326 e. The van der Waals surface area contributed by atoms with E-state index in [1.54, 1.807) is 11.3 Å². The molecule has 0 fully saturated rings. The van der Waals surface area contributed by atoms with E-state index in [-0.39, 0.29) is 11.5 Å². The van der Waals surface area contributed by atoms with Crippen LogP contribution in [0.4, 0.5) is 0 Å². The fourth-order valence-corrected chi connectivity index (χ4v) is 1.82. The van der Waals surface area contributed by atoms with E-state index < -0.39 is 0 Å². The summed E-state index contributed by atoms with van der Waals surface area (Å²) in [6.45, 7) is 9.42. The van der Waals surface area contributed by atoms with Gasteiger partial charge in [0.2, 0.25) is 0 Å². The Morgan fingerprint density at radius 3 is 2.67 bits per heavy atom. The molecule has 0 aliphatic heterocycles. The van der Waals surface area contributed by atoms with E-state index in [2.05, 4.69) is 38.0 Å². The quantitative estimate of drug-likeness (QED) is 0.829. The molecule has 0 aliphatic rings. The van der Waals surface area contributed by atoms with Gasteiger partial charge in [-0.2, -0.15) is 0 Å². The normalized spacial score (nSPS) is 16.3. The van der Waals surface area contributed by atoms with Gasteiger partial charge in [-0.25, -0.2) is 4.98 Å². The molecule has 86 valence electrons. The molecule has 0 amide bonds. The van der Waals surface area contributed by atoms with Crippen molar-refractivity contribution >= 4 is 11.3 Å². The van der Waals surface area contributed by atoms with Crippen LogP contribution in [0.1, 0.15) is 38.7 Å². The van der Waals surface area contributed by atoms with Gasteiger partial charge in [0.1, 0.15) is 5.01 Å². The average molecular weight is 227 g/mol. The zero-order valence-electron chi connectivity index (χ0n) is 9.95. The third-order valence-corrected chi connectivity index (χ3v) is 3.54. The van der Waals surface area contributed by atoms with Crippen LogP contribution >= 0.6 is 11.3 Å². The van der Waals surface area contributed by atoms with Crippen LogP contribution in [0.2, 0.25) is 0 Å². The van der Waals surface area contributed by atoms with Crippen molar-refractivity contribution in [2.24, 2.45) is 11.1 Å². The Morgan fingerprint density at radius 2 is 2.20 bits per heavy atom. The third kappa shape index (κ3) is 3.89. The summed E-state index contributed by atoms with van der Waals surface area (Å²) in [6, 6.07) is 0.457. The fourth-order valence-electron chi connectivity index (χ4n) is 1.15. The second kappa shape index (κ2) is 5.05. The molecule has 0 aromatic carbocycles. The van der Waals surface area contributed by atoms with Crippen LogP contribution in [0.25, 0.3) is 0 Å². The van der Waals surface area contributed by atoms with Crippen LogP contribution in [0.3, 0.4) is 0 Å². The zero-order chi connectivity index (χ0) is 11.5.